The molecular formula is C13H19BrFNO. The standard InChI is InChI=1S/C13H19BrFNO/c1-2-5-13(8-16,9-17)7-10-3-4-11(15)6-12(10)14/h3-4,6,17H,2,5,7-9,16H2,1H3. The van der Waals surface area contributed by atoms with Crippen LogP contribution in [0.4, 0.5) is 4.39 Å². The van der Waals surface area contributed by atoms with Gasteiger partial charge in [0.05, 0.1) is 6.61 Å². The van der Waals surface area contributed by atoms with Crippen LogP contribution in [0.2, 0.25) is 0 Å². The Morgan fingerprint density at radius 1 is 1.47 bits per heavy atom. The van der Waals surface area contributed by atoms with Gasteiger partial charge in [-0.15, -0.1) is 0 Å². The fraction of sp³-hybridized carbons (Fsp3) is 0.538. The minimum atomic E-state index is -0.297. The van der Waals surface area contributed by atoms with Crippen LogP contribution in [-0.4, -0.2) is 18.3 Å². The van der Waals surface area contributed by atoms with Crippen LogP contribution < -0.4 is 5.73 Å². The number of benzene rings is 1. The lowest BCUT2D eigenvalue weighted by Gasteiger charge is -2.30. The summed E-state index contributed by atoms with van der Waals surface area (Å²) < 4.78 is 13.7. The van der Waals surface area contributed by atoms with E-state index >= 15 is 0 Å². The van der Waals surface area contributed by atoms with E-state index in [1.165, 1.54) is 12.1 Å². The van der Waals surface area contributed by atoms with Gasteiger partial charge in [0.15, 0.2) is 0 Å². The molecule has 1 rings (SSSR count). The van der Waals surface area contributed by atoms with Gasteiger partial charge in [0, 0.05) is 16.4 Å². The molecule has 0 aliphatic rings. The van der Waals surface area contributed by atoms with Gasteiger partial charge in [-0.25, -0.2) is 4.39 Å². The molecule has 1 aromatic rings. The third-order valence-electron chi connectivity index (χ3n) is 3.13. The summed E-state index contributed by atoms with van der Waals surface area (Å²) in [6.07, 6.45) is 2.50. The van der Waals surface area contributed by atoms with Crippen LogP contribution in [-0.2, 0) is 6.42 Å². The molecule has 0 amide bonds. The lowest BCUT2D eigenvalue weighted by Crippen LogP contribution is -2.36. The number of nitrogens with two attached hydrogens (primary N) is 1. The summed E-state index contributed by atoms with van der Waals surface area (Å²) in [5.74, 6) is -0.265. The van der Waals surface area contributed by atoms with Crippen LogP contribution in [0, 0.1) is 11.2 Å². The fourth-order valence-corrected chi connectivity index (χ4v) is 2.55. The zero-order valence-corrected chi connectivity index (χ0v) is 11.6. The van der Waals surface area contributed by atoms with Gasteiger partial charge < -0.3 is 10.8 Å². The topological polar surface area (TPSA) is 46.2 Å². The average molecular weight is 304 g/mol. The second-order valence-electron chi connectivity index (χ2n) is 4.52. The zero-order valence-electron chi connectivity index (χ0n) is 10.0. The molecule has 17 heavy (non-hydrogen) atoms. The van der Waals surface area contributed by atoms with E-state index in [9.17, 15) is 9.50 Å². The van der Waals surface area contributed by atoms with Gasteiger partial charge in [0.25, 0.3) is 0 Å². The molecular weight excluding hydrogens is 285 g/mol. The normalized spacial score (nSPS) is 14.6. The summed E-state index contributed by atoms with van der Waals surface area (Å²) in [4.78, 5) is 0. The Hall–Kier alpha value is -0.450. The third-order valence-corrected chi connectivity index (χ3v) is 3.87. The Bertz CT molecular complexity index is 366. The molecule has 0 aliphatic heterocycles. The number of aliphatic hydroxyl groups is 1. The summed E-state index contributed by atoms with van der Waals surface area (Å²) >= 11 is 3.35. The second-order valence-corrected chi connectivity index (χ2v) is 5.38. The highest BCUT2D eigenvalue weighted by molar-refractivity contribution is 9.10. The van der Waals surface area contributed by atoms with Crippen molar-refractivity contribution in [3.8, 4) is 0 Å². The van der Waals surface area contributed by atoms with Crippen molar-refractivity contribution in [2.45, 2.75) is 26.2 Å². The summed E-state index contributed by atoms with van der Waals surface area (Å²) in [7, 11) is 0. The highest BCUT2D eigenvalue weighted by Gasteiger charge is 2.28. The maximum atomic E-state index is 13.0. The van der Waals surface area contributed by atoms with Gasteiger partial charge in [-0.1, -0.05) is 35.3 Å². The van der Waals surface area contributed by atoms with E-state index in [-0.39, 0.29) is 17.8 Å². The Morgan fingerprint density at radius 2 is 2.18 bits per heavy atom. The van der Waals surface area contributed by atoms with Crippen LogP contribution in [0.1, 0.15) is 25.3 Å². The summed E-state index contributed by atoms with van der Waals surface area (Å²) in [6, 6.07) is 4.62. The van der Waals surface area contributed by atoms with Crippen molar-refractivity contribution in [1.29, 1.82) is 0 Å². The van der Waals surface area contributed by atoms with E-state index < -0.39 is 0 Å². The largest absolute Gasteiger partial charge is 0.396 e. The number of rotatable bonds is 6. The van der Waals surface area contributed by atoms with Crippen LogP contribution >= 0.6 is 15.9 Å². The zero-order chi connectivity index (χ0) is 12.9. The van der Waals surface area contributed by atoms with Crippen molar-refractivity contribution >= 4 is 15.9 Å². The van der Waals surface area contributed by atoms with Gasteiger partial charge >= 0.3 is 0 Å². The molecule has 1 aromatic carbocycles. The highest BCUT2D eigenvalue weighted by atomic mass is 79.9. The van der Waals surface area contributed by atoms with Crippen molar-refractivity contribution in [3.63, 3.8) is 0 Å². The van der Waals surface area contributed by atoms with E-state index in [0.717, 1.165) is 22.9 Å². The Labute approximate surface area is 110 Å². The van der Waals surface area contributed by atoms with Gasteiger partial charge in [0.1, 0.15) is 5.82 Å². The van der Waals surface area contributed by atoms with Crippen LogP contribution in [0.5, 0.6) is 0 Å². The summed E-state index contributed by atoms with van der Waals surface area (Å²) in [6.45, 7) is 2.56. The first-order valence-corrected chi connectivity index (χ1v) is 6.61. The highest BCUT2D eigenvalue weighted by Crippen LogP contribution is 2.30. The molecule has 0 fully saturated rings. The number of aliphatic hydroxyl groups excluding tert-OH is 1. The second kappa shape index (κ2) is 6.47. The van der Waals surface area contributed by atoms with E-state index in [4.69, 9.17) is 5.73 Å². The maximum Gasteiger partial charge on any atom is 0.124 e. The minimum absolute atomic E-state index is 0.0567. The van der Waals surface area contributed by atoms with Gasteiger partial charge in [0.2, 0.25) is 0 Å². The average Bonchev–Trinajstić information content (AvgIpc) is 2.32. The SMILES string of the molecule is CCCC(CN)(CO)Cc1ccc(F)cc1Br. The van der Waals surface area contributed by atoms with Gasteiger partial charge in [-0.2, -0.15) is 0 Å². The smallest absolute Gasteiger partial charge is 0.124 e. The molecule has 4 heteroatoms. The lowest BCUT2D eigenvalue weighted by atomic mass is 9.78. The van der Waals surface area contributed by atoms with Crippen molar-refractivity contribution < 1.29 is 9.50 Å². The molecule has 2 nitrogen and oxygen atoms in total. The Kier molecular flexibility index (Phi) is 5.56. The molecule has 3 N–H and O–H groups in total. The molecule has 0 aliphatic carbocycles. The molecule has 0 bridgehead atoms. The van der Waals surface area contributed by atoms with Crippen molar-refractivity contribution in [2.75, 3.05) is 13.2 Å². The molecule has 96 valence electrons. The third kappa shape index (κ3) is 3.76. The molecule has 0 aromatic heterocycles. The predicted octanol–water partition coefficient (Wildman–Crippen LogP) is 2.87. The van der Waals surface area contributed by atoms with Crippen molar-refractivity contribution in [3.05, 3.63) is 34.1 Å². The predicted molar refractivity (Wildman–Crippen MR) is 71.3 cm³/mol. The van der Waals surface area contributed by atoms with E-state index in [1.54, 1.807) is 6.07 Å². The Morgan fingerprint density at radius 3 is 2.65 bits per heavy atom. The number of halogens is 2. The van der Waals surface area contributed by atoms with Crippen molar-refractivity contribution in [1.82, 2.24) is 0 Å². The van der Waals surface area contributed by atoms with Crippen LogP contribution in [0.25, 0.3) is 0 Å². The molecule has 0 saturated carbocycles. The van der Waals surface area contributed by atoms with Crippen LogP contribution in [0.15, 0.2) is 22.7 Å². The molecule has 0 radical (unpaired) electrons. The molecule has 0 heterocycles. The molecule has 1 unspecified atom stereocenters. The molecule has 0 saturated heterocycles. The Balaban J connectivity index is 2.92. The van der Waals surface area contributed by atoms with E-state index in [2.05, 4.69) is 22.9 Å². The van der Waals surface area contributed by atoms with Crippen LogP contribution in [0.3, 0.4) is 0 Å². The molecule has 0 spiro atoms. The van der Waals surface area contributed by atoms with Gasteiger partial charge in [-0.05, 0) is 30.5 Å². The first-order valence-electron chi connectivity index (χ1n) is 5.82. The number of hydrogen-bond acceptors (Lipinski definition) is 2. The first-order chi connectivity index (χ1) is 8.06. The van der Waals surface area contributed by atoms with Crippen molar-refractivity contribution in [2.24, 2.45) is 11.1 Å². The number of hydrogen-bond donors (Lipinski definition) is 2. The minimum Gasteiger partial charge on any atom is -0.396 e. The monoisotopic (exact) mass is 303 g/mol. The van der Waals surface area contributed by atoms with E-state index in [1.807, 2.05) is 0 Å². The summed E-state index contributed by atoms with van der Waals surface area (Å²) in [5, 5.41) is 9.55. The fourth-order valence-electron chi connectivity index (χ4n) is 2.06. The molecule has 1 atom stereocenters. The van der Waals surface area contributed by atoms with Gasteiger partial charge in [-0.3, -0.25) is 0 Å². The van der Waals surface area contributed by atoms with E-state index in [0.29, 0.717) is 13.0 Å². The quantitative estimate of drug-likeness (QED) is 0.849. The first kappa shape index (κ1) is 14.6. The maximum absolute atomic E-state index is 13.0. The summed E-state index contributed by atoms with van der Waals surface area (Å²) in [5.41, 5.74) is 6.47. The lowest BCUT2D eigenvalue weighted by molar-refractivity contribution is 0.121.